The molecule has 0 unspecified atom stereocenters. The molecule has 1 aliphatic rings. The van der Waals surface area contributed by atoms with Crippen LogP contribution in [-0.4, -0.2) is 34.2 Å². The number of hydrogen-bond acceptors (Lipinski definition) is 5. The summed E-state index contributed by atoms with van der Waals surface area (Å²) in [5.41, 5.74) is 4.62. The highest BCUT2D eigenvalue weighted by Gasteiger charge is 2.33. The first-order chi connectivity index (χ1) is 14.6. The topological polar surface area (TPSA) is 54.0 Å². The highest BCUT2D eigenvalue weighted by Crippen LogP contribution is 2.46. The average molecular weight is 402 g/mol. The van der Waals surface area contributed by atoms with E-state index < -0.39 is 0 Å². The van der Waals surface area contributed by atoms with Crippen molar-refractivity contribution in [1.82, 2.24) is 0 Å². The second kappa shape index (κ2) is 7.95. The third kappa shape index (κ3) is 3.18. The van der Waals surface area contributed by atoms with Crippen molar-refractivity contribution in [2.24, 2.45) is 0 Å². The molecule has 0 saturated carbocycles. The van der Waals surface area contributed by atoms with Crippen LogP contribution in [0.4, 0.5) is 0 Å². The van der Waals surface area contributed by atoms with Crippen LogP contribution in [0.15, 0.2) is 60.7 Å². The van der Waals surface area contributed by atoms with Gasteiger partial charge in [0.15, 0.2) is 17.3 Å². The molecule has 1 aliphatic carbocycles. The largest absolute Gasteiger partial charge is 0.497 e. The van der Waals surface area contributed by atoms with Crippen LogP contribution in [0.2, 0.25) is 0 Å². The maximum Gasteiger partial charge on any atom is 0.195 e. The van der Waals surface area contributed by atoms with Crippen LogP contribution < -0.4 is 18.9 Å². The highest BCUT2D eigenvalue weighted by atomic mass is 16.5. The molecule has 0 saturated heterocycles. The van der Waals surface area contributed by atoms with E-state index in [0.29, 0.717) is 22.6 Å². The van der Waals surface area contributed by atoms with Crippen molar-refractivity contribution in [2.75, 3.05) is 28.4 Å². The zero-order valence-electron chi connectivity index (χ0n) is 17.3. The molecule has 5 nitrogen and oxygen atoms in total. The predicted molar refractivity (Wildman–Crippen MR) is 116 cm³/mol. The molecule has 0 aliphatic heterocycles. The van der Waals surface area contributed by atoms with E-state index in [-0.39, 0.29) is 5.78 Å². The van der Waals surface area contributed by atoms with Crippen molar-refractivity contribution in [1.29, 1.82) is 0 Å². The van der Waals surface area contributed by atoms with E-state index in [9.17, 15) is 4.79 Å². The first-order valence-electron chi connectivity index (χ1n) is 9.45. The number of benzene rings is 3. The minimum atomic E-state index is -0.0538. The molecular formula is C25H22O5. The van der Waals surface area contributed by atoms with Crippen molar-refractivity contribution in [3.63, 3.8) is 0 Å². The van der Waals surface area contributed by atoms with Gasteiger partial charge in [0.1, 0.15) is 11.5 Å². The fourth-order valence-corrected chi connectivity index (χ4v) is 3.75. The van der Waals surface area contributed by atoms with Gasteiger partial charge < -0.3 is 18.9 Å². The molecule has 0 aromatic heterocycles. The third-order valence-corrected chi connectivity index (χ3v) is 5.27. The van der Waals surface area contributed by atoms with E-state index in [1.807, 2.05) is 54.6 Å². The van der Waals surface area contributed by atoms with Gasteiger partial charge in [-0.2, -0.15) is 0 Å². The lowest BCUT2D eigenvalue weighted by Gasteiger charge is -2.12. The molecule has 4 rings (SSSR count). The summed E-state index contributed by atoms with van der Waals surface area (Å²) >= 11 is 0. The molecule has 3 aromatic rings. The van der Waals surface area contributed by atoms with Crippen LogP contribution in [0, 0.1) is 0 Å². The van der Waals surface area contributed by atoms with Crippen LogP contribution >= 0.6 is 0 Å². The van der Waals surface area contributed by atoms with Crippen LogP contribution in [0.25, 0.3) is 11.1 Å². The van der Waals surface area contributed by atoms with E-state index in [1.165, 1.54) is 0 Å². The lowest BCUT2D eigenvalue weighted by Crippen LogP contribution is -2.00. The fraction of sp³-hybridized carbons (Fsp3) is 0.160. The maximum absolute atomic E-state index is 13.5. The van der Waals surface area contributed by atoms with E-state index >= 15 is 0 Å². The molecule has 0 heterocycles. The van der Waals surface area contributed by atoms with Crippen LogP contribution in [0.5, 0.6) is 23.0 Å². The zero-order chi connectivity index (χ0) is 21.3. The summed E-state index contributed by atoms with van der Waals surface area (Å²) < 4.78 is 21.5. The molecule has 152 valence electrons. The SMILES string of the molecule is COc1ccc(C2=C(c3ccc(OC)cc3)c3cc(OC)c(OC)cc3C2=O)cc1. The molecule has 0 bridgehead atoms. The van der Waals surface area contributed by atoms with Gasteiger partial charge in [0.2, 0.25) is 0 Å². The quantitative estimate of drug-likeness (QED) is 0.588. The molecule has 0 atom stereocenters. The molecular weight excluding hydrogens is 380 g/mol. The number of rotatable bonds is 6. The van der Waals surface area contributed by atoms with Gasteiger partial charge in [0.05, 0.1) is 28.4 Å². The Kier molecular flexibility index (Phi) is 5.19. The van der Waals surface area contributed by atoms with E-state index in [1.54, 1.807) is 34.5 Å². The Morgan fingerprint density at radius 3 is 1.40 bits per heavy atom. The fourth-order valence-electron chi connectivity index (χ4n) is 3.75. The number of carbonyl (C=O) groups is 1. The number of hydrogen-bond donors (Lipinski definition) is 0. The Morgan fingerprint density at radius 1 is 0.533 bits per heavy atom. The third-order valence-electron chi connectivity index (χ3n) is 5.27. The number of methoxy groups -OCH3 is 4. The molecule has 3 aromatic carbocycles. The normalized spacial score (nSPS) is 12.6. The minimum Gasteiger partial charge on any atom is -0.497 e. The first kappa shape index (κ1) is 19.6. The van der Waals surface area contributed by atoms with Crippen molar-refractivity contribution >= 4 is 16.9 Å². The second-order valence-corrected chi connectivity index (χ2v) is 6.79. The number of ether oxygens (including phenoxy) is 4. The van der Waals surface area contributed by atoms with Gasteiger partial charge in [-0.15, -0.1) is 0 Å². The van der Waals surface area contributed by atoms with Crippen molar-refractivity contribution < 1.29 is 23.7 Å². The Bertz CT molecular complexity index is 1130. The van der Waals surface area contributed by atoms with E-state index in [4.69, 9.17) is 18.9 Å². The monoisotopic (exact) mass is 402 g/mol. The van der Waals surface area contributed by atoms with Crippen molar-refractivity contribution in [3.05, 3.63) is 82.9 Å². The van der Waals surface area contributed by atoms with Gasteiger partial charge in [-0.3, -0.25) is 4.79 Å². The van der Waals surface area contributed by atoms with Gasteiger partial charge in [0.25, 0.3) is 0 Å². The summed E-state index contributed by atoms with van der Waals surface area (Å²) in [6.07, 6.45) is 0. The van der Waals surface area contributed by atoms with Crippen LogP contribution in [-0.2, 0) is 0 Å². The smallest absolute Gasteiger partial charge is 0.195 e. The van der Waals surface area contributed by atoms with Gasteiger partial charge in [-0.1, -0.05) is 24.3 Å². The lowest BCUT2D eigenvalue weighted by atomic mass is 9.94. The van der Waals surface area contributed by atoms with Crippen molar-refractivity contribution in [2.45, 2.75) is 0 Å². The lowest BCUT2D eigenvalue weighted by molar-refractivity contribution is 0.105. The Hall–Kier alpha value is -3.73. The summed E-state index contributed by atoms with van der Waals surface area (Å²) in [5.74, 6) is 2.53. The van der Waals surface area contributed by atoms with Gasteiger partial charge in [0, 0.05) is 16.7 Å². The number of Topliss-reactive ketones (excluding diaryl/α,β-unsaturated/α-hetero) is 1. The Balaban J connectivity index is 1.97. The summed E-state index contributed by atoms with van der Waals surface area (Å²) in [5, 5.41) is 0. The predicted octanol–water partition coefficient (Wildman–Crippen LogP) is 4.88. The molecule has 30 heavy (non-hydrogen) atoms. The molecule has 0 amide bonds. The molecule has 0 radical (unpaired) electrons. The Morgan fingerprint density at radius 2 is 0.967 bits per heavy atom. The number of fused-ring (bicyclic) bond motifs is 1. The van der Waals surface area contributed by atoms with Crippen LogP contribution in [0.1, 0.15) is 27.0 Å². The van der Waals surface area contributed by atoms with Gasteiger partial charge >= 0.3 is 0 Å². The molecule has 5 heteroatoms. The first-order valence-corrected chi connectivity index (χ1v) is 9.45. The standard InChI is InChI=1S/C25H22O5/c1-27-17-9-5-15(6-10-17)23-19-13-21(29-3)22(30-4)14-20(19)25(26)24(23)16-7-11-18(28-2)12-8-16/h5-14H,1-4H3. The number of allylic oxidation sites excluding steroid dienone is 1. The van der Waals surface area contributed by atoms with Crippen LogP contribution in [0.3, 0.4) is 0 Å². The second-order valence-electron chi connectivity index (χ2n) is 6.79. The summed E-state index contributed by atoms with van der Waals surface area (Å²) in [7, 11) is 6.39. The number of ketones is 1. The summed E-state index contributed by atoms with van der Waals surface area (Å²) in [6.45, 7) is 0. The molecule has 0 fully saturated rings. The maximum atomic E-state index is 13.5. The zero-order valence-corrected chi connectivity index (χ0v) is 17.3. The van der Waals surface area contributed by atoms with Gasteiger partial charge in [-0.05, 0) is 53.1 Å². The highest BCUT2D eigenvalue weighted by molar-refractivity contribution is 6.41. The van der Waals surface area contributed by atoms with E-state index in [2.05, 4.69) is 0 Å². The molecule has 0 N–H and O–H groups in total. The van der Waals surface area contributed by atoms with E-state index in [0.717, 1.165) is 33.8 Å². The average Bonchev–Trinajstić information content (AvgIpc) is 3.09. The number of carbonyl (C=O) groups excluding carboxylic acids is 1. The minimum absolute atomic E-state index is 0.0538. The summed E-state index contributed by atoms with van der Waals surface area (Å²) in [6, 6.07) is 18.8. The van der Waals surface area contributed by atoms with Gasteiger partial charge in [-0.25, -0.2) is 0 Å². The molecule has 0 spiro atoms. The Labute approximate surface area is 175 Å². The summed E-state index contributed by atoms with van der Waals surface area (Å²) in [4.78, 5) is 13.5. The van der Waals surface area contributed by atoms with Crippen molar-refractivity contribution in [3.8, 4) is 23.0 Å².